The summed E-state index contributed by atoms with van der Waals surface area (Å²) in [7, 11) is 0. The number of aryl methyl sites for hydroxylation is 1. The topological polar surface area (TPSA) is 42.4 Å². The minimum atomic E-state index is -0.403. The molecular weight excluding hydrogens is 442 g/mol. The molecule has 0 aliphatic heterocycles. The van der Waals surface area contributed by atoms with Gasteiger partial charge in [-0.15, -0.1) is 0 Å². The molecule has 4 aromatic rings. The first-order valence-electron chi connectivity index (χ1n) is 11.8. The maximum atomic E-state index is 10.2. The van der Waals surface area contributed by atoms with Crippen LogP contribution in [0.1, 0.15) is 48.3 Å². The van der Waals surface area contributed by atoms with Gasteiger partial charge in [0.1, 0.15) is 6.10 Å². The molecule has 34 heavy (non-hydrogen) atoms. The van der Waals surface area contributed by atoms with Crippen molar-refractivity contribution in [1.29, 1.82) is 0 Å². The summed E-state index contributed by atoms with van der Waals surface area (Å²) in [4.78, 5) is 4.94. The van der Waals surface area contributed by atoms with E-state index in [1.807, 2.05) is 54.6 Å². The van der Waals surface area contributed by atoms with Gasteiger partial charge in [0.25, 0.3) is 0 Å². The Balaban J connectivity index is 1.84. The van der Waals surface area contributed by atoms with Gasteiger partial charge in [-0.3, -0.25) is 0 Å². The number of benzene rings is 3. The Morgan fingerprint density at radius 2 is 1.76 bits per heavy atom. The normalized spacial score (nSPS) is 12.5. The molecule has 0 spiro atoms. The summed E-state index contributed by atoms with van der Waals surface area (Å²) in [5.74, 6) is 0. The zero-order valence-corrected chi connectivity index (χ0v) is 20.4. The minimum Gasteiger partial charge on any atom is -0.393 e. The molecule has 4 heteroatoms. The average molecular weight is 472 g/mol. The summed E-state index contributed by atoms with van der Waals surface area (Å²) in [6.07, 6.45) is 5.70. The van der Waals surface area contributed by atoms with Crippen LogP contribution in [-0.2, 0) is 4.74 Å². The van der Waals surface area contributed by atoms with E-state index in [2.05, 4.69) is 44.2 Å². The second kappa shape index (κ2) is 11.4. The number of hydrogen-bond acceptors (Lipinski definition) is 3. The van der Waals surface area contributed by atoms with Crippen molar-refractivity contribution >= 4 is 34.7 Å². The van der Waals surface area contributed by atoms with E-state index < -0.39 is 6.10 Å². The van der Waals surface area contributed by atoms with Gasteiger partial charge in [-0.05, 0) is 71.5 Å². The van der Waals surface area contributed by atoms with Gasteiger partial charge < -0.3 is 9.84 Å². The summed E-state index contributed by atoms with van der Waals surface area (Å²) < 4.78 is 6.14. The van der Waals surface area contributed by atoms with Crippen molar-refractivity contribution in [2.45, 2.75) is 32.8 Å². The Morgan fingerprint density at radius 1 is 1.00 bits per heavy atom. The van der Waals surface area contributed by atoms with Crippen LogP contribution >= 0.6 is 11.6 Å². The van der Waals surface area contributed by atoms with Gasteiger partial charge in [0.15, 0.2) is 0 Å². The number of halogens is 1. The number of nitrogens with zero attached hydrogens (tertiary/aromatic N) is 1. The largest absolute Gasteiger partial charge is 0.393 e. The molecule has 1 atom stereocenters. The van der Waals surface area contributed by atoms with Gasteiger partial charge in [-0.2, -0.15) is 0 Å². The number of fused-ring (bicyclic) bond motifs is 1. The lowest BCUT2D eigenvalue weighted by Crippen LogP contribution is -2.13. The Bertz CT molecular complexity index is 1270. The molecule has 1 heterocycles. The van der Waals surface area contributed by atoms with Crippen LogP contribution in [0.5, 0.6) is 0 Å². The van der Waals surface area contributed by atoms with Crippen molar-refractivity contribution < 1.29 is 9.84 Å². The molecule has 0 saturated heterocycles. The van der Waals surface area contributed by atoms with Crippen LogP contribution in [0.4, 0.5) is 0 Å². The van der Waals surface area contributed by atoms with Crippen molar-refractivity contribution in [2.75, 3.05) is 13.2 Å². The number of rotatable bonds is 9. The van der Waals surface area contributed by atoms with Crippen LogP contribution in [0.25, 0.3) is 34.2 Å². The van der Waals surface area contributed by atoms with Crippen molar-refractivity contribution in [2.24, 2.45) is 0 Å². The molecule has 4 rings (SSSR count). The summed E-state index contributed by atoms with van der Waals surface area (Å²) in [6, 6.07) is 24.3. The molecule has 0 saturated carbocycles. The summed E-state index contributed by atoms with van der Waals surface area (Å²) in [5, 5.41) is 12.0. The molecule has 0 radical (unpaired) electrons. The minimum absolute atomic E-state index is 0.0814. The van der Waals surface area contributed by atoms with Gasteiger partial charge in [-0.1, -0.05) is 79.6 Å². The first-order chi connectivity index (χ1) is 16.6. The predicted molar refractivity (Wildman–Crippen MR) is 143 cm³/mol. The van der Waals surface area contributed by atoms with Gasteiger partial charge in [0, 0.05) is 17.0 Å². The van der Waals surface area contributed by atoms with Crippen LogP contribution in [0.2, 0.25) is 5.02 Å². The Hall–Kier alpha value is -2.98. The monoisotopic (exact) mass is 471 g/mol. The van der Waals surface area contributed by atoms with Crippen molar-refractivity contribution in [3.8, 4) is 11.1 Å². The number of pyridine rings is 1. The summed E-state index contributed by atoms with van der Waals surface area (Å²) >= 11 is 6.18. The highest BCUT2D eigenvalue weighted by atomic mass is 35.5. The van der Waals surface area contributed by atoms with E-state index >= 15 is 0 Å². The van der Waals surface area contributed by atoms with E-state index in [9.17, 15) is 5.11 Å². The number of ether oxygens (including phenoxy) is 1. The lowest BCUT2D eigenvalue weighted by molar-refractivity contribution is 0.0105. The van der Waals surface area contributed by atoms with Crippen LogP contribution in [0, 0.1) is 6.92 Å². The Labute approximate surface area is 206 Å². The number of aliphatic hydroxyl groups is 1. The van der Waals surface area contributed by atoms with E-state index in [0.29, 0.717) is 11.6 Å². The number of aliphatic hydroxyl groups excluding tert-OH is 1. The molecule has 0 aliphatic rings. The fourth-order valence-electron chi connectivity index (χ4n) is 4.22. The summed E-state index contributed by atoms with van der Waals surface area (Å²) in [5.41, 5.74) is 7.05. The van der Waals surface area contributed by atoms with Crippen molar-refractivity contribution in [1.82, 2.24) is 4.98 Å². The maximum Gasteiger partial charge on any atom is 0.106 e. The van der Waals surface area contributed by atoms with Gasteiger partial charge in [0.2, 0.25) is 0 Å². The van der Waals surface area contributed by atoms with Gasteiger partial charge >= 0.3 is 0 Å². The number of aromatic nitrogens is 1. The van der Waals surface area contributed by atoms with E-state index in [1.54, 1.807) is 0 Å². The van der Waals surface area contributed by atoms with Crippen LogP contribution in [0.15, 0.2) is 72.8 Å². The predicted octanol–water partition coefficient (Wildman–Crippen LogP) is 7.88. The number of hydrogen-bond donors (Lipinski definition) is 1. The molecule has 0 amide bonds. The third kappa shape index (κ3) is 5.56. The van der Waals surface area contributed by atoms with E-state index in [4.69, 9.17) is 21.3 Å². The SMILES string of the molecule is CCCCOC(CO)c1c(C)cc2nc(C=Cc3ccccc3)ccc2c1-c1ccc(Cl)cc1. The van der Waals surface area contributed by atoms with Crippen LogP contribution < -0.4 is 0 Å². The van der Waals surface area contributed by atoms with Gasteiger partial charge in [0.05, 0.1) is 17.8 Å². The van der Waals surface area contributed by atoms with Crippen LogP contribution in [0.3, 0.4) is 0 Å². The first kappa shape index (κ1) is 24.2. The third-order valence-corrected chi connectivity index (χ3v) is 6.20. The van der Waals surface area contributed by atoms with Gasteiger partial charge in [-0.25, -0.2) is 4.98 Å². The Morgan fingerprint density at radius 3 is 2.47 bits per heavy atom. The van der Waals surface area contributed by atoms with Crippen molar-refractivity contribution in [3.05, 3.63) is 100 Å². The standard InChI is InChI=1S/C30H30ClNO2/c1-3-4-18-34-28(20-33)29-21(2)19-27-26(30(29)23-11-13-24(31)14-12-23)17-16-25(32-27)15-10-22-8-6-5-7-9-22/h5-17,19,28,33H,3-4,18,20H2,1-2H3. The first-order valence-corrected chi connectivity index (χ1v) is 12.1. The Kier molecular flexibility index (Phi) is 8.12. The van der Waals surface area contributed by atoms with E-state index in [0.717, 1.165) is 57.3 Å². The molecule has 3 nitrogen and oxygen atoms in total. The fourth-order valence-corrected chi connectivity index (χ4v) is 4.34. The molecule has 3 aromatic carbocycles. The smallest absolute Gasteiger partial charge is 0.106 e. The second-order valence-electron chi connectivity index (χ2n) is 8.43. The molecule has 1 aromatic heterocycles. The molecular formula is C30H30ClNO2. The molecule has 0 fully saturated rings. The zero-order chi connectivity index (χ0) is 23.9. The fraction of sp³-hybridized carbons (Fsp3) is 0.233. The third-order valence-electron chi connectivity index (χ3n) is 5.95. The maximum absolute atomic E-state index is 10.2. The second-order valence-corrected chi connectivity index (χ2v) is 8.87. The lowest BCUT2D eigenvalue weighted by Gasteiger charge is -2.23. The van der Waals surface area contributed by atoms with Crippen molar-refractivity contribution in [3.63, 3.8) is 0 Å². The lowest BCUT2D eigenvalue weighted by atomic mass is 9.88. The molecule has 0 aliphatic carbocycles. The highest BCUT2D eigenvalue weighted by Gasteiger charge is 2.22. The molecule has 1 unspecified atom stereocenters. The van der Waals surface area contributed by atoms with E-state index in [1.165, 1.54) is 0 Å². The quantitative estimate of drug-likeness (QED) is 0.252. The highest BCUT2D eigenvalue weighted by Crippen LogP contribution is 2.39. The average Bonchev–Trinajstić information content (AvgIpc) is 2.86. The highest BCUT2D eigenvalue weighted by molar-refractivity contribution is 6.30. The van der Waals surface area contributed by atoms with E-state index in [-0.39, 0.29) is 6.61 Å². The summed E-state index contributed by atoms with van der Waals surface area (Å²) in [6.45, 7) is 4.73. The molecule has 1 N–H and O–H groups in total. The zero-order valence-electron chi connectivity index (χ0n) is 19.7. The number of unbranched alkanes of at least 4 members (excludes halogenated alkanes) is 1. The molecule has 0 bridgehead atoms. The van der Waals surface area contributed by atoms with Crippen LogP contribution in [-0.4, -0.2) is 23.3 Å². The molecule has 174 valence electrons.